The summed E-state index contributed by atoms with van der Waals surface area (Å²) in [5, 5.41) is 30.7. The number of para-hydroxylation sites is 1. The van der Waals surface area contributed by atoms with Crippen molar-refractivity contribution in [2.75, 3.05) is 22.6 Å². The van der Waals surface area contributed by atoms with E-state index < -0.39 is 58.5 Å². The minimum atomic E-state index is -5.09. The molecule has 0 saturated carbocycles. The minimum Gasteiger partial charge on any atom is -0.493 e. The molecular weight excluding hydrogens is 753 g/mol. The van der Waals surface area contributed by atoms with Crippen molar-refractivity contribution in [3.8, 4) is 0 Å². The Morgan fingerprint density at radius 2 is 1.31 bits per heavy atom. The van der Waals surface area contributed by atoms with Gasteiger partial charge in [-0.3, -0.25) is 19.3 Å². The van der Waals surface area contributed by atoms with Crippen molar-refractivity contribution in [3.63, 3.8) is 0 Å². The number of hydrogen-bond acceptors (Lipinski definition) is 15. The Balaban J connectivity index is 1.26. The van der Waals surface area contributed by atoms with Crippen molar-refractivity contribution in [1.82, 2.24) is 0 Å². The van der Waals surface area contributed by atoms with Crippen LogP contribution in [0.4, 0.5) is 51.2 Å². The second kappa shape index (κ2) is 15.1. The Morgan fingerprint density at radius 3 is 1.93 bits per heavy atom. The lowest BCUT2D eigenvalue weighted by Crippen LogP contribution is -2.28. The normalized spacial score (nSPS) is 14.4. The summed E-state index contributed by atoms with van der Waals surface area (Å²) >= 11 is 0. The second-order valence-electron chi connectivity index (χ2n) is 11.5. The SMILES string of the molecule is Nc1ccc(N=Nc2ccc(N=C(O)c3ccc(N=Nc4c(S(=O)(=O)O)cc5c(c4N)C(=O)/C(=N/Nc4ccccc4)C(S(=O)(=O)O)=C5)cc3)cc2)c(N)c1. The summed E-state index contributed by atoms with van der Waals surface area (Å²) in [6, 6.07) is 26.0. The number of carbonyl (C=O) groups excluding carboxylic acids is 1. The molecule has 0 unspecified atom stereocenters. The zero-order valence-corrected chi connectivity index (χ0v) is 29.6. The number of fused-ring (bicyclic) bond motifs is 1. The zero-order chi connectivity index (χ0) is 39.5. The highest BCUT2D eigenvalue weighted by atomic mass is 32.2. The molecule has 0 heterocycles. The lowest BCUT2D eigenvalue weighted by Gasteiger charge is -2.20. The number of anilines is 4. The van der Waals surface area contributed by atoms with E-state index in [4.69, 9.17) is 17.2 Å². The number of hydrogen-bond donors (Lipinski definition) is 7. The van der Waals surface area contributed by atoms with Crippen LogP contribution >= 0.6 is 0 Å². The van der Waals surface area contributed by atoms with Gasteiger partial charge in [-0.05, 0) is 96.6 Å². The van der Waals surface area contributed by atoms with Crippen LogP contribution in [0.25, 0.3) is 6.08 Å². The first-order valence-electron chi connectivity index (χ1n) is 15.6. The number of nitrogens with two attached hydrogens (primary N) is 3. The second-order valence-corrected chi connectivity index (χ2v) is 14.3. The van der Waals surface area contributed by atoms with Crippen molar-refractivity contribution in [2.45, 2.75) is 4.90 Å². The van der Waals surface area contributed by atoms with Crippen LogP contribution < -0.4 is 22.6 Å². The van der Waals surface area contributed by atoms with Gasteiger partial charge in [0, 0.05) is 11.3 Å². The molecule has 0 bridgehead atoms. The van der Waals surface area contributed by atoms with E-state index in [9.17, 15) is 35.8 Å². The Kier molecular flexibility index (Phi) is 10.3. The van der Waals surface area contributed by atoms with Crippen LogP contribution in [-0.2, 0) is 20.2 Å². The first-order valence-corrected chi connectivity index (χ1v) is 18.5. The van der Waals surface area contributed by atoms with Gasteiger partial charge in [-0.25, -0.2) is 4.99 Å². The Morgan fingerprint density at radius 1 is 0.691 bits per heavy atom. The highest BCUT2D eigenvalue weighted by Crippen LogP contribution is 2.41. The molecule has 1 aliphatic carbocycles. The third kappa shape index (κ3) is 8.58. The molecule has 5 aromatic carbocycles. The number of benzene rings is 5. The summed E-state index contributed by atoms with van der Waals surface area (Å²) in [6.07, 6.45) is 0.787. The van der Waals surface area contributed by atoms with Crippen molar-refractivity contribution in [3.05, 3.63) is 125 Å². The summed E-state index contributed by atoms with van der Waals surface area (Å²) in [5.41, 5.74) is 20.6. The Labute approximate surface area is 312 Å². The number of nitrogens with zero attached hydrogens (tertiary/aromatic N) is 6. The van der Waals surface area contributed by atoms with Gasteiger partial charge in [-0.15, -0.1) is 10.2 Å². The number of rotatable bonds is 10. The number of ketones is 1. The first-order chi connectivity index (χ1) is 26.1. The van der Waals surface area contributed by atoms with Gasteiger partial charge >= 0.3 is 0 Å². The average molecular weight is 781 g/mol. The van der Waals surface area contributed by atoms with Gasteiger partial charge in [0.05, 0.1) is 39.7 Å². The molecule has 0 atom stereocenters. The number of Topliss-reactive ketones (excluding diaryl/α,β-unsaturated/α-hetero) is 1. The van der Waals surface area contributed by atoms with Crippen molar-refractivity contribution in [1.29, 1.82) is 0 Å². The third-order valence-electron chi connectivity index (χ3n) is 7.72. The molecule has 20 heteroatoms. The highest BCUT2D eigenvalue weighted by molar-refractivity contribution is 7.91. The third-order valence-corrected chi connectivity index (χ3v) is 9.46. The predicted octanol–water partition coefficient (Wildman–Crippen LogP) is 7.04. The van der Waals surface area contributed by atoms with Crippen LogP contribution in [0.3, 0.4) is 0 Å². The molecule has 6 rings (SSSR count). The number of aliphatic imine (C=N–C) groups is 1. The summed E-state index contributed by atoms with van der Waals surface area (Å²) < 4.78 is 69.3. The monoisotopic (exact) mass is 780 g/mol. The molecule has 10 N–H and O–H groups in total. The summed E-state index contributed by atoms with van der Waals surface area (Å²) in [5.74, 6) is -1.46. The maximum absolute atomic E-state index is 13.7. The van der Waals surface area contributed by atoms with Crippen LogP contribution in [0.15, 0.2) is 143 Å². The minimum absolute atomic E-state index is 0.126. The molecule has 18 nitrogen and oxygen atoms in total. The number of azo groups is 2. The van der Waals surface area contributed by atoms with E-state index in [2.05, 4.69) is 36.0 Å². The molecule has 0 spiro atoms. The molecule has 0 aliphatic heterocycles. The van der Waals surface area contributed by atoms with E-state index in [1.807, 2.05) is 0 Å². The largest absolute Gasteiger partial charge is 0.493 e. The number of allylic oxidation sites excluding steroid dienone is 1. The summed E-state index contributed by atoms with van der Waals surface area (Å²) in [7, 11) is -10.2. The number of carbonyl (C=O) groups is 1. The fraction of sp³-hybridized carbons (Fsp3) is 0. The number of hydrazone groups is 1. The fourth-order valence-corrected chi connectivity index (χ4v) is 6.40. The molecule has 0 fully saturated rings. The van der Waals surface area contributed by atoms with Gasteiger partial charge < -0.3 is 22.3 Å². The molecule has 5 aromatic rings. The first kappa shape index (κ1) is 37.6. The van der Waals surface area contributed by atoms with Gasteiger partial charge in [0.25, 0.3) is 20.2 Å². The molecule has 0 aromatic heterocycles. The van der Waals surface area contributed by atoms with Crippen LogP contribution in [0, 0.1) is 0 Å². The van der Waals surface area contributed by atoms with E-state index in [1.54, 1.807) is 72.8 Å². The molecule has 278 valence electrons. The Hall–Kier alpha value is -7.13. The van der Waals surface area contributed by atoms with Gasteiger partial charge in [0.2, 0.25) is 11.7 Å². The summed E-state index contributed by atoms with van der Waals surface area (Å²) in [6.45, 7) is 0. The maximum Gasteiger partial charge on any atom is 0.296 e. The van der Waals surface area contributed by atoms with Crippen LogP contribution in [0.5, 0.6) is 0 Å². The van der Waals surface area contributed by atoms with Gasteiger partial charge in [0.1, 0.15) is 21.2 Å². The molecule has 0 radical (unpaired) electrons. The lowest BCUT2D eigenvalue weighted by atomic mass is 9.92. The van der Waals surface area contributed by atoms with E-state index >= 15 is 0 Å². The molecule has 0 saturated heterocycles. The number of nitrogen functional groups attached to an aromatic ring is 3. The van der Waals surface area contributed by atoms with E-state index in [0.29, 0.717) is 34.1 Å². The summed E-state index contributed by atoms with van der Waals surface area (Å²) in [4.78, 5) is 16.0. The quantitative estimate of drug-likeness (QED) is 0.0187. The van der Waals surface area contributed by atoms with Crippen molar-refractivity contribution < 1.29 is 35.8 Å². The average Bonchev–Trinajstić information content (AvgIpc) is 3.14. The number of nitrogens with one attached hydrogen (secondary N) is 1. The molecule has 55 heavy (non-hydrogen) atoms. The molecule has 1 aliphatic rings. The van der Waals surface area contributed by atoms with Crippen LogP contribution in [0.2, 0.25) is 0 Å². The highest BCUT2D eigenvalue weighted by Gasteiger charge is 2.37. The van der Waals surface area contributed by atoms with Crippen molar-refractivity contribution in [2.24, 2.45) is 30.6 Å². The smallest absolute Gasteiger partial charge is 0.296 e. The molecule has 0 amide bonds. The van der Waals surface area contributed by atoms with Gasteiger partial charge in [-0.1, -0.05) is 18.2 Å². The van der Waals surface area contributed by atoms with E-state index in [0.717, 1.165) is 12.1 Å². The van der Waals surface area contributed by atoms with E-state index in [1.165, 1.54) is 24.3 Å². The molecular formula is C35H28N10O8S2. The fourth-order valence-electron chi connectivity index (χ4n) is 5.07. The van der Waals surface area contributed by atoms with Crippen molar-refractivity contribution >= 4 is 94.9 Å². The van der Waals surface area contributed by atoms with E-state index in [-0.39, 0.29) is 22.7 Å². The van der Waals surface area contributed by atoms with Gasteiger partial charge in [0.15, 0.2) is 5.71 Å². The number of aliphatic hydroxyl groups is 1. The topological polar surface area (TPSA) is 310 Å². The standard InChI is InChI=1S/C35H28N10O8S2/c36-21-8-15-27(26(37)18-21)43-40-25-13-11-22(12-14-25)39-35(47)19-6-9-24(10-7-19)42-44-32-28(54(48,49)50)16-20-17-29(55(51,52)53)33(34(46)30(20)31(32)38)45-41-23-4-2-1-3-5-23/h1-18,41H,36-38H2,(H,39,47)(H,48,49,50)(H,51,52,53)/b43-40?,44-42?,45-33+. The van der Waals surface area contributed by atoms with Crippen LogP contribution in [0.1, 0.15) is 21.5 Å². The predicted molar refractivity (Wildman–Crippen MR) is 207 cm³/mol. The lowest BCUT2D eigenvalue weighted by molar-refractivity contribution is 0.106. The van der Waals surface area contributed by atoms with Crippen LogP contribution in [-0.4, -0.2) is 48.4 Å². The number of aliphatic hydroxyl groups excluding tert-OH is 1. The zero-order valence-electron chi connectivity index (χ0n) is 28.0. The maximum atomic E-state index is 13.7. The van der Waals surface area contributed by atoms with Gasteiger partial charge in [-0.2, -0.15) is 32.2 Å². The Bertz CT molecular complexity index is 2720.